The lowest BCUT2D eigenvalue weighted by atomic mass is 10.0. The average Bonchev–Trinajstić information content (AvgIpc) is 1.74. The largest absolute Gasteiger partial charge is 0.484 e. The summed E-state index contributed by atoms with van der Waals surface area (Å²) in [6.45, 7) is 20.5. The van der Waals surface area contributed by atoms with Crippen molar-refractivity contribution in [2.24, 2.45) is 0 Å². The zero-order valence-corrected chi connectivity index (χ0v) is 51.6. The topological polar surface area (TPSA) is 241 Å². The van der Waals surface area contributed by atoms with Crippen LogP contribution in [0.3, 0.4) is 0 Å². The molecular weight excluding hydrogens is 1140 g/mol. The highest BCUT2D eigenvalue weighted by molar-refractivity contribution is 7.91. The SMILES string of the molecule is [C-]#[N+]c1cc(C)cc2c1C[C@H](N1CCCCC1)[C@H]2Oc1ccc(S(=O)(=O)NCCOCCOCCCC(=O)CCCCCNC(=O)NCCOCCOCCCS(=O)(=O)c2ccc(O[C@H]3c4cc(C)cc(C#N)c4C[C@@H]3N3CCNCC3)cc2)cc1. The van der Waals surface area contributed by atoms with Gasteiger partial charge in [-0.15, -0.1) is 0 Å². The summed E-state index contributed by atoms with van der Waals surface area (Å²) in [7, 11) is -7.33. The van der Waals surface area contributed by atoms with Gasteiger partial charge in [0.25, 0.3) is 0 Å². The minimum absolute atomic E-state index is 0.0682. The summed E-state index contributed by atoms with van der Waals surface area (Å²) in [4.78, 5) is 33.6. The first-order valence-corrected chi connectivity index (χ1v) is 33.7. The van der Waals surface area contributed by atoms with Gasteiger partial charge in [0.15, 0.2) is 15.5 Å². The number of ether oxygens (including phenoxy) is 6. The monoisotopic (exact) mass is 1220 g/mol. The van der Waals surface area contributed by atoms with E-state index in [9.17, 15) is 31.7 Å². The summed E-state index contributed by atoms with van der Waals surface area (Å²) in [5.74, 6) is 1.25. The van der Waals surface area contributed by atoms with Gasteiger partial charge in [-0.3, -0.25) is 14.6 Å². The molecule has 2 aliphatic heterocycles. The Morgan fingerprint density at radius 3 is 1.81 bits per heavy atom. The molecule has 2 aliphatic carbocycles. The van der Waals surface area contributed by atoms with Crippen molar-refractivity contribution in [2.75, 3.05) is 118 Å². The Hall–Kier alpha value is -6.02. The first-order chi connectivity index (χ1) is 41.7. The molecule has 4 aliphatic rings. The number of nitrogens with zero attached hydrogens (tertiary/aromatic N) is 4. The predicted molar refractivity (Wildman–Crippen MR) is 327 cm³/mol. The summed E-state index contributed by atoms with van der Waals surface area (Å²) in [5, 5.41) is 18.9. The van der Waals surface area contributed by atoms with E-state index in [4.69, 9.17) is 35.0 Å². The molecule has 4 aromatic rings. The third kappa shape index (κ3) is 19.2. The number of fused-ring (bicyclic) bond motifs is 2. The molecule has 2 amide bonds. The van der Waals surface area contributed by atoms with Crippen molar-refractivity contribution in [1.82, 2.24) is 30.5 Å². The minimum Gasteiger partial charge on any atom is -0.484 e. The fraction of sp³-hybridized carbons (Fsp3) is 0.562. The molecule has 0 bridgehead atoms. The van der Waals surface area contributed by atoms with E-state index >= 15 is 0 Å². The number of aryl methyl sites for hydroxylation is 2. The van der Waals surface area contributed by atoms with E-state index in [1.807, 2.05) is 26.0 Å². The molecule has 0 radical (unpaired) electrons. The number of Topliss-reactive ketones (excluding diaryl/α,β-unsaturated/α-hetero) is 1. The van der Waals surface area contributed by atoms with Crippen molar-refractivity contribution < 1.29 is 54.8 Å². The molecule has 20 nitrogen and oxygen atoms in total. The summed E-state index contributed by atoms with van der Waals surface area (Å²) >= 11 is 0. The van der Waals surface area contributed by atoms with Crippen molar-refractivity contribution in [1.29, 1.82) is 5.26 Å². The maximum absolute atomic E-state index is 13.2. The van der Waals surface area contributed by atoms with Crippen molar-refractivity contribution >= 4 is 37.4 Å². The number of likely N-dealkylation sites (tertiary alicyclic amines) is 1. The van der Waals surface area contributed by atoms with Crippen LogP contribution in [-0.4, -0.2) is 168 Å². The smallest absolute Gasteiger partial charge is 0.314 e. The fourth-order valence-electron chi connectivity index (χ4n) is 11.8. The highest BCUT2D eigenvalue weighted by atomic mass is 32.2. The molecule has 0 aromatic heterocycles. The summed E-state index contributed by atoms with van der Waals surface area (Å²) < 4.78 is 90.6. The first-order valence-electron chi connectivity index (χ1n) is 30.6. The molecule has 0 saturated carbocycles. The van der Waals surface area contributed by atoms with Gasteiger partial charge in [-0.1, -0.05) is 36.6 Å². The minimum atomic E-state index is -3.78. The molecule has 8 rings (SSSR count). The molecular formula is C64H86N8O12S2. The third-order valence-electron chi connectivity index (χ3n) is 16.2. The molecule has 466 valence electrons. The lowest BCUT2D eigenvalue weighted by molar-refractivity contribution is -0.119. The molecule has 22 heteroatoms. The second-order valence-corrected chi connectivity index (χ2v) is 26.4. The molecule has 4 aromatic carbocycles. The Morgan fingerprint density at radius 2 is 1.17 bits per heavy atom. The Bertz CT molecular complexity index is 2950. The van der Waals surface area contributed by atoms with Crippen LogP contribution >= 0.6 is 0 Å². The molecule has 2 fully saturated rings. The van der Waals surface area contributed by atoms with E-state index in [1.54, 1.807) is 48.5 Å². The van der Waals surface area contributed by atoms with Crippen molar-refractivity contribution in [3.8, 4) is 17.6 Å². The number of sulfone groups is 1. The van der Waals surface area contributed by atoms with Gasteiger partial charge in [-0.2, -0.15) is 5.26 Å². The molecule has 0 spiro atoms. The lowest BCUT2D eigenvalue weighted by Gasteiger charge is -2.36. The number of rotatable bonds is 35. The fourth-order valence-corrected chi connectivity index (χ4v) is 14.1. The van der Waals surface area contributed by atoms with Gasteiger partial charge in [0.05, 0.1) is 85.5 Å². The zero-order chi connectivity index (χ0) is 60.7. The number of carbonyl (C=O) groups excluding carboxylic acids is 2. The maximum atomic E-state index is 13.2. The van der Waals surface area contributed by atoms with Gasteiger partial charge in [-0.05, 0) is 161 Å². The van der Waals surface area contributed by atoms with E-state index in [-0.39, 0.29) is 84.6 Å². The van der Waals surface area contributed by atoms with Crippen LogP contribution in [0.2, 0.25) is 0 Å². The quantitative estimate of drug-likeness (QED) is 0.0256. The first kappa shape index (κ1) is 65.9. The molecule has 2 saturated heterocycles. The van der Waals surface area contributed by atoms with E-state index in [0.29, 0.717) is 88.0 Å². The number of sulfonamides is 1. The molecule has 4 atom stereocenters. The van der Waals surface area contributed by atoms with Crippen LogP contribution < -0.4 is 30.1 Å². The van der Waals surface area contributed by atoms with Gasteiger partial charge in [0.1, 0.15) is 29.5 Å². The van der Waals surface area contributed by atoms with E-state index in [2.05, 4.69) is 53.5 Å². The molecule has 2 heterocycles. The summed E-state index contributed by atoms with van der Waals surface area (Å²) in [5.41, 5.74) is 7.52. The maximum Gasteiger partial charge on any atom is 0.314 e. The number of hydrogen-bond donors (Lipinski definition) is 4. The normalized spacial score (nSPS) is 18.8. The summed E-state index contributed by atoms with van der Waals surface area (Å²) in [6, 6.07) is 23.4. The van der Waals surface area contributed by atoms with Gasteiger partial charge in [0, 0.05) is 71.9 Å². The van der Waals surface area contributed by atoms with Gasteiger partial charge in [-0.25, -0.2) is 31.2 Å². The highest BCUT2D eigenvalue weighted by Crippen LogP contribution is 2.44. The predicted octanol–water partition coefficient (Wildman–Crippen LogP) is 7.62. The van der Waals surface area contributed by atoms with Crippen LogP contribution in [0.15, 0.2) is 82.6 Å². The van der Waals surface area contributed by atoms with Gasteiger partial charge < -0.3 is 44.4 Å². The Balaban J connectivity index is 0.582. The number of piperazine rings is 1. The molecule has 0 unspecified atom stereocenters. The van der Waals surface area contributed by atoms with Gasteiger partial charge in [0.2, 0.25) is 10.0 Å². The lowest BCUT2D eigenvalue weighted by Crippen LogP contribution is -2.50. The highest BCUT2D eigenvalue weighted by Gasteiger charge is 2.41. The number of benzene rings is 4. The van der Waals surface area contributed by atoms with Crippen LogP contribution in [0.25, 0.3) is 4.85 Å². The summed E-state index contributed by atoms with van der Waals surface area (Å²) in [6.07, 6.45) is 8.52. The van der Waals surface area contributed by atoms with E-state index in [1.165, 1.54) is 6.42 Å². The number of unbranched alkanes of at least 4 members (excludes halogenated alkanes) is 2. The van der Waals surface area contributed by atoms with E-state index < -0.39 is 19.9 Å². The van der Waals surface area contributed by atoms with E-state index in [0.717, 1.165) is 118 Å². The zero-order valence-electron chi connectivity index (χ0n) is 50.0. The Morgan fingerprint density at radius 1 is 0.628 bits per heavy atom. The van der Waals surface area contributed by atoms with Crippen LogP contribution in [-0.2, 0) is 56.4 Å². The van der Waals surface area contributed by atoms with Crippen molar-refractivity contribution in [2.45, 2.75) is 125 Å². The Kier molecular flexibility index (Phi) is 25.6. The number of amides is 2. The number of nitriles is 1. The van der Waals surface area contributed by atoms with Crippen molar-refractivity contribution in [3.05, 3.63) is 123 Å². The number of urea groups is 1. The standard InChI is InChI=1S/C64H86N8O12S2/c1-47-40-49(46-65)55-44-60(72-29-23-67-24-30-72)62(57(55)41-47)83-51-14-18-53(19-15-51)85(75,76)39-11-32-80-36-37-81-33-25-69-64(74)68-22-7-4-6-12-50(73)13-10-31-79-35-38-82-34-26-70-86(77,78)54-20-16-52(17-21-54)84-63-58-42-48(2)43-59(66-3)56(58)45-61(63)71-27-8-5-9-28-71/h14-21,40-43,60-63,67,70H,4-13,22-39,44-45H2,1-2H3,(H2,68,69,74)/t60-,61-,62-,63-/m0/s1. The number of nitrogens with one attached hydrogen (secondary N) is 4. The number of ketones is 1. The van der Waals surface area contributed by atoms with Crippen LogP contribution in [0.1, 0.15) is 115 Å². The number of carbonyl (C=O) groups is 2. The number of piperidine rings is 1. The molecule has 86 heavy (non-hydrogen) atoms. The Labute approximate surface area is 508 Å². The second kappa shape index (κ2) is 33.4. The van der Waals surface area contributed by atoms with Crippen LogP contribution in [0, 0.1) is 31.8 Å². The number of hydrogen-bond acceptors (Lipinski definition) is 16. The molecule has 4 N–H and O–H groups in total. The average molecular weight is 1220 g/mol. The van der Waals surface area contributed by atoms with Crippen LogP contribution in [0.5, 0.6) is 11.5 Å². The van der Waals surface area contributed by atoms with Gasteiger partial charge >= 0.3 is 6.03 Å². The second-order valence-electron chi connectivity index (χ2n) is 22.6. The third-order valence-corrected chi connectivity index (χ3v) is 19.5. The van der Waals surface area contributed by atoms with Crippen LogP contribution in [0.4, 0.5) is 10.5 Å². The van der Waals surface area contributed by atoms with Crippen molar-refractivity contribution in [3.63, 3.8) is 0 Å².